The first-order chi connectivity index (χ1) is 23.4. The molecule has 7 aromatic rings. The number of furan rings is 1. The lowest BCUT2D eigenvalue weighted by Gasteiger charge is -2.46. The second-order valence-corrected chi connectivity index (χ2v) is 15.3. The molecule has 0 unspecified atom stereocenters. The normalized spacial score (nSPS) is 14.0. The van der Waals surface area contributed by atoms with Crippen molar-refractivity contribution >= 4 is 69.1 Å². The molecule has 0 aliphatic carbocycles. The molecule has 4 heterocycles. The maximum atomic E-state index is 7.08. The maximum Gasteiger partial charge on any atom is 0.376 e. The van der Waals surface area contributed by atoms with Gasteiger partial charge in [-0.2, -0.15) is 0 Å². The van der Waals surface area contributed by atoms with Crippen LogP contribution in [0, 0.1) is 6.92 Å². The Kier molecular flexibility index (Phi) is 5.79. The molecule has 3 aliphatic heterocycles. The van der Waals surface area contributed by atoms with Gasteiger partial charge in [-0.1, -0.05) is 111 Å². The fourth-order valence-corrected chi connectivity index (χ4v) is 9.16. The molecule has 0 saturated heterocycles. The third-order valence-corrected chi connectivity index (χ3v) is 11.3. The molecule has 10 rings (SSSR count). The van der Waals surface area contributed by atoms with Gasteiger partial charge in [-0.3, -0.25) is 0 Å². The summed E-state index contributed by atoms with van der Waals surface area (Å²) >= 11 is 1.87. The standard InChI is InChI=1S/C43H33BN2OS/c1-26-23-32-29-16-12-20-38-40(29)46(34-17-9-11-19-37(34)48-38)44-39(32)35(24-26)45(41-30-15-8-10-18-36(30)47-42(41)44)33-22-21-28(43(2,3)4)25-31(33)27-13-6-5-7-14-27/h5-25H,1-4H3. The Morgan fingerprint density at radius 3 is 2.25 bits per heavy atom. The van der Waals surface area contributed by atoms with Crippen LogP contribution in [0.1, 0.15) is 31.9 Å². The van der Waals surface area contributed by atoms with E-state index in [1.54, 1.807) is 0 Å². The summed E-state index contributed by atoms with van der Waals surface area (Å²) in [6.07, 6.45) is 0. The number of aryl methyl sites for hydroxylation is 1. The lowest BCUT2D eigenvalue weighted by atomic mass is 9.45. The van der Waals surface area contributed by atoms with Gasteiger partial charge in [0.2, 0.25) is 0 Å². The van der Waals surface area contributed by atoms with E-state index in [9.17, 15) is 0 Å². The van der Waals surface area contributed by atoms with E-state index in [1.807, 2.05) is 11.8 Å². The predicted molar refractivity (Wildman–Crippen MR) is 203 cm³/mol. The highest BCUT2D eigenvalue weighted by Gasteiger charge is 2.50. The van der Waals surface area contributed by atoms with Gasteiger partial charge in [0.05, 0.1) is 17.1 Å². The summed E-state index contributed by atoms with van der Waals surface area (Å²) in [6, 6.07) is 46.9. The van der Waals surface area contributed by atoms with Crippen LogP contribution in [-0.4, -0.2) is 6.85 Å². The van der Waals surface area contributed by atoms with Crippen LogP contribution in [0.4, 0.5) is 28.4 Å². The van der Waals surface area contributed by atoms with Gasteiger partial charge in [-0.05, 0) is 88.6 Å². The Hall–Kier alpha value is -5.13. The van der Waals surface area contributed by atoms with Crippen LogP contribution in [0.3, 0.4) is 0 Å². The Labute approximate surface area is 285 Å². The van der Waals surface area contributed by atoms with Gasteiger partial charge in [-0.25, -0.2) is 0 Å². The first kappa shape index (κ1) is 27.9. The molecule has 0 spiro atoms. The largest absolute Gasteiger partial charge is 0.466 e. The summed E-state index contributed by atoms with van der Waals surface area (Å²) in [6.45, 7) is 8.99. The first-order valence-corrected chi connectivity index (χ1v) is 17.5. The van der Waals surface area contributed by atoms with Crippen molar-refractivity contribution in [2.45, 2.75) is 42.9 Å². The average Bonchev–Trinajstić information content (AvgIpc) is 3.48. The zero-order chi connectivity index (χ0) is 32.3. The fraction of sp³-hybridized carbons (Fsp3) is 0.116. The van der Waals surface area contributed by atoms with E-state index >= 15 is 0 Å². The zero-order valence-corrected chi connectivity index (χ0v) is 28.2. The third kappa shape index (κ3) is 3.85. The highest BCUT2D eigenvalue weighted by Crippen LogP contribution is 2.56. The van der Waals surface area contributed by atoms with Crippen LogP contribution >= 0.6 is 11.8 Å². The van der Waals surface area contributed by atoms with E-state index in [0.29, 0.717) is 0 Å². The van der Waals surface area contributed by atoms with E-state index in [4.69, 9.17) is 4.42 Å². The van der Waals surface area contributed by atoms with Crippen LogP contribution < -0.4 is 20.8 Å². The number of hydrogen-bond acceptors (Lipinski definition) is 4. The molecule has 0 atom stereocenters. The summed E-state index contributed by atoms with van der Waals surface area (Å²) in [5.74, 6) is 0. The van der Waals surface area contributed by atoms with Crippen molar-refractivity contribution in [2.75, 3.05) is 9.71 Å². The number of para-hydroxylation sites is 3. The molecule has 0 N–H and O–H groups in total. The van der Waals surface area contributed by atoms with Crippen molar-refractivity contribution in [3.8, 4) is 22.3 Å². The molecule has 0 amide bonds. The van der Waals surface area contributed by atoms with Gasteiger partial charge >= 0.3 is 6.85 Å². The molecule has 3 aliphatic rings. The number of fused-ring (bicyclic) bond motifs is 8. The van der Waals surface area contributed by atoms with E-state index < -0.39 is 0 Å². The van der Waals surface area contributed by atoms with Crippen molar-refractivity contribution in [1.82, 2.24) is 0 Å². The van der Waals surface area contributed by atoms with E-state index in [-0.39, 0.29) is 12.3 Å². The molecular formula is C43H33BN2OS. The second kappa shape index (κ2) is 9.94. The van der Waals surface area contributed by atoms with Crippen molar-refractivity contribution in [1.29, 1.82) is 0 Å². The van der Waals surface area contributed by atoms with E-state index in [1.165, 1.54) is 65.7 Å². The molecular weight excluding hydrogens is 603 g/mol. The minimum absolute atomic E-state index is 0.00608. The summed E-state index contributed by atoms with van der Waals surface area (Å²) in [7, 11) is 0. The SMILES string of the molecule is Cc1cc2c3c(c1)N(c1ccc(C(C)(C)C)cc1-c1ccccc1)c1c(oc4ccccc14)B3N1c3ccccc3Sc3cccc-2c31. The summed E-state index contributed by atoms with van der Waals surface area (Å²) in [4.78, 5) is 7.63. The smallest absolute Gasteiger partial charge is 0.376 e. The number of rotatable bonds is 2. The van der Waals surface area contributed by atoms with Gasteiger partial charge < -0.3 is 14.1 Å². The zero-order valence-electron chi connectivity index (χ0n) is 27.4. The van der Waals surface area contributed by atoms with Gasteiger partial charge in [0.1, 0.15) is 11.2 Å². The lowest BCUT2D eigenvalue weighted by Crippen LogP contribution is -2.61. The highest BCUT2D eigenvalue weighted by molar-refractivity contribution is 7.99. The third-order valence-electron chi connectivity index (χ3n) is 10.2. The number of benzene rings is 6. The molecule has 230 valence electrons. The minimum Gasteiger partial charge on any atom is -0.466 e. The van der Waals surface area contributed by atoms with Crippen molar-refractivity contribution in [3.63, 3.8) is 0 Å². The number of anilines is 5. The topological polar surface area (TPSA) is 19.6 Å². The Balaban J connectivity index is 1.35. The average molecular weight is 637 g/mol. The summed E-state index contributed by atoms with van der Waals surface area (Å²) in [5.41, 5.74) is 16.7. The van der Waals surface area contributed by atoms with Crippen molar-refractivity contribution in [3.05, 3.63) is 139 Å². The van der Waals surface area contributed by atoms with Crippen LogP contribution in [0.2, 0.25) is 0 Å². The lowest BCUT2D eigenvalue weighted by molar-refractivity contribution is 0.590. The van der Waals surface area contributed by atoms with Gasteiger partial charge in [0.15, 0.2) is 0 Å². The summed E-state index contributed by atoms with van der Waals surface area (Å²) in [5, 5.41) is 1.12. The van der Waals surface area contributed by atoms with Crippen molar-refractivity contribution in [2.24, 2.45) is 0 Å². The van der Waals surface area contributed by atoms with E-state index in [2.05, 4.69) is 165 Å². The second-order valence-electron chi connectivity index (χ2n) is 14.2. The molecule has 0 bridgehead atoms. The molecule has 0 saturated carbocycles. The number of hydrogen-bond donors (Lipinski definition) is 0. The Morgan fingerprint density at radius 2 is 1.40 bits per heavy atom. The summed E-state index contributed by atoms with van der Waals surface area (Å²) < 4.78 is 7.08. The highest BCUT2D eigenvalue weighted by atomic mass is 32.2. The minimum atomic E-state index is -0.126. The molecule has 0 radical (unpaired) electrons. The fourth-order valence-electron chi connectivity index (χ4n) is 8.06. The molecule has 0 fully saturated rings. The molecule has 5 heteroatoms. The maximum absolute atomic E-state index is 7.08. The Bertz CT molecular complexity index is 2460. The van der Waals surface area contributed by atoms with Crippen LogP contribution in [-0.2, 0) is 5.41 Å². The van der Waals surface area contributed by atoms with Crippen LogP contribution in [0.15, 0.2) is 142 Å². The molecule has 48 heavy (non-hydrogen) atoms. The monoisotopic (exact) mass is 636 g/mol. The van der Waals surface area contributed by atoms with Gasteiger partial charge in [-0.15, -0.1) is 0 Å². The first-order valence-electron chi connectivity index (χ1n) is 16.7. The quantitative estimate of drug-likeness (QED) is 0.176. The molecule has 6 aromatic carbocycles. The Morgan fingerprint density at radius 1 is 0.625 bits per heavy atom. The predicted octanol–water partition coefficient (Wildman–Crippen LogP) is 10.9. The molecule has 1 aromatic heterocycles. The molecule has 3 nitrogen and oxygen atoms in total. The van der Waals surface area contributed by atoms with Crippen LogP contribution in [0.5, 0.6) is 0 Å². The van der Waals surface area contributed by atoms with Crippen molar-refractivity contribution < 1.29 is 4.42 Å². The van der Waals surface area contributed by atoms with E-state index in [0.717, 1.165) is 28.0 Å². The number of nitrogens with zero attached hydrogens (tertiary/aromatic N) is 2. The van der Waals surface area contributed by atoms with Gasteiger partial charge in [0.25, 0.3) is 0 Å². The van der Waals surface area contributed by atoms with Gasteiger partial charge in [0, 0.05) is 37.7 Å². The van der Waals surface area contributed by atoms with Crippen LogP contribution in [0.25, 0.3) is 33.2 Å².